The SMILES string of the molecule is Cc1cc(-c2c(C#N)c(N)[nH]c(=O)c2C#N)cc(C)c1F. The maximum absolute atomic E-state index is 13.7. The van der Waals surface area contributed by atoms with Crippen LogP contribution in [-0.2, 0) is 0 Å². The van der Waals surface area contributed by atoms with Crippen LogP contribution in [0.1, 0.15) is 22.3 Å². The number of hydrogen-bond acceptors (Lipinski definition) is 4. The zero-order valence-electron chi connectivity index (χ0n) is 11.4. The number of nitrogens with one attached hydrogen (secondary N) is 1. The minimum atomic E-state index is -0.677. The number of anilines is 1. The molecule has 0 amide bonds. The first kappa shape index (κ1) is 14.3. The minimum Gasteiger partial charge on any atom is -0.384 e. The summed E-state index contributed by atoms with van der Waals surface area (Å²) in [4.78, 5) is 14.1. The number of aryl methyl sites for hydroxylation is 2. The van der Waals surface area contributed by atoms with E-state index in [1.165, 1.54) is 12.1 Å². The van der Waals surface area contributed by atoms with Gasteiger partial charge in [-0.1, -0.05) is 0 Å². The van der Waals surface area contributed by atoms with E-state index in [1.54, 1.807) is 19.9 Å². The molecule has 1 aromatic heterocycles. The van der Waals surface area contributed by atoms with Gasteiger partial charge >= 0.3 is 0 Å². The molecule has 104 valence electrons. The summed E-state index contributed by atoms with van der Waals surface area (Å²) in [6.45, 7) is 3.14. The van der Waals surface area contributed by atoms with E-state index in [2.05, 4.69) is 4.98 Å². The molecule has 2 aromatic rings. The van der Waals surface area contributed by atoms with Crippen molar-refractivity contribution in [1.29, 1.82) is 10.5 Å². The molecule has 3 N–H and O–H groups in total. The second-order valence-corrected chi connectivity index (χ2v) is 4.64. The Labute approximate surface area is 120 Å². The fourth-order valence-corrected chi connectivity index (χ4v) is 2.22. The summed E-state index contributed by atoms with van der Waals surface area (Å²) in [6, 6.07) is 6.62. The molecule has 21 heavy (non-hydrogen) atoms. The Balaban J connectivity index is 2.97. The van der Waals surface area contributed by atoms with Gasteiger partial charge in [0.25, 0.3) is 5.56 Å². The summed E-state index contributed by atoms with van der Waals surface area (Å²) >= 11 is 0. The lowest BCUT2D eigenvalue weighted by Crippen LogP contribution is -2.16. The number of nitriles is 2. The van der Waals surface area contributed by atoms with Gasteiger partial charge < -0.3 is 10.7 Å². The van der Waals surface area contributed by atoms with Crippen LogP contribution >= 0.6 is 0 Å². The second kappa shape index (κ2) is 5.10. The van der Waals surface area contributed by atoms with Gasteiger partial charge in [0.05, 0.1) is 0 Å². The van der Waals surface area contributed by atoms with Crippen LogP contribution in [0.4, 0.5) is 10.2 Å². The topological polar surface area (TPSA) is 106 Å². The molecule has 1 aromatic carbocycles. The first-order valence-corrected chi connectivity index (χ1v) is 6.03. The maximum Gasteiger partial charge on any atom is 0.268 e. The quantitative estimate of drug-likeness (QED) is 0.835. The number of halogens is 1. The molecular weight excluding hydrogens is 271 g/mol. The monoisotopic (exact) mass is 282 g/mol. The molecule has 0 spiro atoms. The first-order chi connectivity index (χ1) is 9.90. The lowest BCUT2D eigenvalue weighted by molar-refractivity contribution is 0.609. The van der Waals surface area contributed by atoms with E-state index in [1.807, 2.05) is 6.07 Å². The van der Waals surface area contributed by atoms with Gasteiger partial charge in [0.1, 0.15) is 34.9 Å². The first-order valence-electron chi connectivity index (χ1n) is 6.03. The predicted octanol–water partition coefficient (Wildman–Crippen LogP) is 2.12. The molecule has 0 saturated carbocycles. The van der Waals surface area contributed by atoms with E-state index in [4.69, 9.17) is 5.73 Å². The number of nitrogens with zero attached hydrogens (tertiary/aromatic N) is 2. The molecular formula is C15H11FN4O. The van der Waals surface area contributed by atoms with E-state index in [-0.39, 0.29) is 28.3 Å². The zero-order valence-corrected chi connectivity index (χ0v) is 11.4. The Morgan fingerprint density at radius 3 is 2.14 bits per heavy atom. The van der Waals surface area contributed by atoms with Crippen LogP contribution in [-0.4, -0.2) is 4.98 Å². The molecule has 6 heteroatoms. The van der Waals surface area contributed by atoms with E-state index in [0.29, 0.717) is 16.7 Å². The average Bonchev–Trinajstić information content (AvgIpc) is 2.43. The molecule has 0 atom stereocenters. The number of aromatic nitrogens is 1. The smallest absolute Gasteiger partial charge is 0.268 e. The molecule has 0 fully saturated rings. The van der Waals surface area contributed by atoms with Gasteiger partial charge in [-0.15, -0.1) is 0 Å². The van der Waals surface area contributed by atoms with Gasteiger partial charge in [-0.3, -0.25) is 4.79 Å². The van der Waals surface area contributed by atoms with Crippen molar-refractivity contribution in [1.82, 2.24) is 4.98 Å². The van der Waals surface area contributed by atoms with Crippen molar-refractivity contribution in [2.24, 2.45) is 0 Å². The Hall–Kier alpha value is -3.12. The largest absolute Gasteiger partial charge is 0.384 e. The van der Waals surface area contributed by atoms with Crippen LogP contribution < -0.4 is 11.3 Å². The molecule has 2 rings (SSSR count). The molecule has 0 aliphatic heterocycles. The third-order valence-corrected chi connectivity index (χ3v) is 3.19. The van der Waals surface area contributed by atoms with Crippen molar-refractivity contribution < 1.29 is 4.39 Å². The molecule has 0 bridgehead atoms. The highest BCUT2D eigenvalue weighted by atomic mass is 19.1. The standard InChI is InChI=1S/C15H11FN4O/c1-7-3-9(4-8(2)13(7)16)12-10(5-17)14(19)20-15(21)11(12)6-18/h3-4H,1-2H3,(H3,19,20,21). The normalized spacial score (nSPS) is 9.95. The lowest BCUT2D eigenvalue weighted by atomic mass is 9.94. The Kier molecular flexibility index (Phi) is 3.47. The van der Waals surface area contributed by atoms with Crippen LogP contribution in [0.3, 0.4) is 0 Å². The molecule has 5 nitrogen and oxygen atoms in total. The van der Waals surface area contributed by atoms with Gasteiger partial charge in [0, 0.05) is 5.56 Å². The molecule has 0 unspecified atom stereocenters. The van der Waals surface area contributed by atoms with Crippen LogP contribution in [0, 0.1) is 42.3 Å². The second-order valence-electron chi connectivity index (χ2n) is 4.64. The van der Waals surface area contributed by atoms with E-state index >= 15 is 0 Å². The Bertz CT molecular complexity index is 861. The summed E-state index contributed by atoms with van der Waals surface area (Å²) < 4.78 is 13.7. The summed E-state index contributed by atoms with van der Waals surface area (Å²) in [5.74, 6) is -0.482. The fourth-order valence-electron chi connectivity index (χ4n) is 2.22. The molecule has 1 heterocycles. The fraction of sp³-hybridized carbons (Fsp3) is 0.133. The number of nitrogen functional groups attached to an aromatic ring is 1. The van der Waals surface area contributed by atoms with Gasteiger partial charge in [-0.25, -0.2) is 4.39 Å². The summed E-state index contributed by atoms with van der Waals surface area (Å²) in [5.41, 5.74) is 6.00. The highest BCUT2D eigenvalue weighted by molar-refractivity contribution is 5.80. The third kappa shape index (κ3) is 2.24. The van der Waals surface area contributed by atoms with Crippen molar-refractivity contribution in [3.8, 4) is 23.3 Å². The minimum absolute atomic E-state index is 0.00319. The molecule has 0 saturated heterocycles. The summed E-state index contributed by atoms with van der Waals surface area (Å²) in [7, 11) is 0. The number of aromatic amines is 1. The van der Waals surface area contributed by atoms with Crippen LogP contribution in [0.5, 0.6) is 0 Å². The molecule has 0 aliphatic rings. The van der Waals surface area contributed by atoms with E-state index < -0.39 is 5.56 Å². The third-order valence-electron chi connectivity index (χ3n) is 3.19. The summed E-state index contributed by atoms with van der Waals surface area (Å²) in [5, 5.41) is 18.4. The highest BCUT2D eigenvalue weighted by Gasteiger charge is 2.19. The molecule has 0 radical (unpaired) electrons. The number of rotatable bonds is 1. The van der Waals surface area contributed by atoms with Crippen molar-refractivity contribution in [3.63, 3.8) is 0 Å². The number of hydrogen-bond donors (Lipinski definition) is 2. The van der Waals surface area contributed by atoms with Crippen molar-refractivity contribution >= 4 is 5.82 Å². The Morgan fingerprint density at radius 2 is 1.67 bits per heavy atom. The Morgan fingerprint density at radius 1 is 1.14 bits per heavy atom. The van der Waals surface area contributed by atoms with Crippen molar-refractivity contribution in [2.75, 3.05) is 5.73 Å². The van der Waals surface area contributed by atoms with Gasteiger partial charge in [0.2, 0.25) is 0 Å². The number of pyridine rings is 1. The number of H-pyrrole nitrogens is 1. The zero-order chi connectivity index (χ0) is 15.7. The van der Waals surface area contributed by atoms with Crippen molar-refractivity contribution in [3.05, 3.63) is 50.6 Å². The van der Waals surface area contributed by atoms with Crippen LogP contribution in [0.15, 0.2) is 16.9 Å². The summed E-state index contributed by atoms with van der Waals surface area (Å²) in [6.07, 6.45) is 0. The van der Waals surface area contributed by atoms with Gasteiger partial charge in [0.15, 0.2) is 0 Å². The van der Waals surface area contributed by atoms with E-state index in [9.17, 15) is 19.7 Å². The number of nitrogens with two attached hydrogens (primary N) is 1. The molecule has 0 aliphatic carbocycles. The van der Waals surface area contributed by atoms with Crippen LogP contribution in [0.2, 0.25) is 0 Å². The highest BCUT2D eigenvalue weighted by Crippen LogP contribution is 2.30. The van der Waals surface area contributed by atoms with Gasteiger partial charge in [-0.2, -0.15) is 10.5 Å². The average molecular weight is 282 g/mol. The van der Waals surface area contributed by atoms with E-state index in [0.717, 1.165) is 0 Å². The number of benzene rings is 1. The maximum atomic E-state index is 13.7. The van der Waals surface area contributed by atoms with Gasteiger partial charge in [-0.05, 0) is 42.7 Å². The predicted molar refractivity (Wildman–Crippen MR) is 75.8 cm³/mol. The van der Waals surface area contributed by atoms with Crippen molar-refractivity contribution in [2.45, 2.75) is 13.8 Å². The van der Waals surface area contributed by atoms with Crippen LogP contribution in [0.25, 0.3) is 11.1 Å². The lowest BCUT2D eigenvalue weighted by Gasteiger charge is -2.11.